The van der Waals surface area contributed by atoms with Gasteiger partial charge in [-0.1, -0.05) is 25.1 Å². The molecule has 1 aromatic rings. The third-order valence-electron chi connectivity index (χ3n) is 2.95. The molecule has 1 aromatic heterocycles. The number of nitrogens with zero attached hydrogens (tertiary/aromatic N) is 2. The second-order valence-electron chi connectivity index (χ2n) is 4.46. The highest BCUT2D eigenvalue weighted by Gasteiger charge is 2.15. The highest BCUT2D eigenvalue weighted by molar-refractivity contribution is 7.99. The lowest BCUT2D eigenvalue weighted by molar-refractivity contribution is 0.0315. The van der Waals surface area contributed by atoms with E-state index in [-0.39, 0.29) is 0 Å². The standard InChI is InChI=1S/C12H21N3OS/c1-2-3-7-11-13-12(15-14-11)17-9-10-6-4-5-8-16-10/h10H,2-9H2,1H3,(H,13,14,15). The van der Waals surface area contributed by atoms with E-state index in [9.17, 15) is 0 Å². The monoisotopic (exact) mass is 255 g/mol. The van der Waals surface area contributed by atoms with Gasteiger partial charge in [-0.2, -0.15) is 5.10 Å². The van der Waals surface area contributed by atoms with E-state index in [0.717, 1.165) is 36.2 Å². The van der Waals surface area contributed by atoms with Crippen LogP contribution in [0.1, 0.15) is 44.9 Å². The number of rotatable bonds is 6. The van der Waals surface area contributed by atoms with Crippen molar-refractivity contribution >= 4 is 11.8 Å². The van der Waals surface area contributed by atoms with Gasteiger partial charge in [-0.15, -0.1) is 0 Å². The third kappa shape index (κ3) is 4.32. The third-order valence-corrected chi connectivity index (χ3v) is 3.94. The van der Waals surface area contributed by atoms with Gasteiger partial charge in [0.1, 0.15) is 0 Å². The number of hydrogen-bond donors (Lipinski definition) is 1. The van der Waals surface area contributed by atoms with Crippen LogP contribution in [0.4, 0.5) is 0 Å². The average molecular weight is 255 g/mol. The van der Waals surface area contributed by atoms with Crippen molar-refractivity contribution in [1.82, 2.24) is 15.2 Å². The summed E-state index contributed by atoms with van der Waals surface area (Å²) in [6, 6.07) is 0. The fourth-order valence-electron chi connectivity index (χ4n) is 1.90. The molecule has 1 fully saturated rings. The predicted octanol–water partition coefficient (Wildman–Crippen LogP) is 2.81. The minimum atomic E-state index is 0.401. The molecule has 17 heavy (non-hydrogen) atoms. The lowest BCUT2D eigenvalue weighted by atomic mass is 10.1. The quantitative estimate of drug-likeness (QED) is 0.794. The van der Waals surface area contributed by atoms with Gasteiger partial charge in [0.25, 0.3) is 0 Å². The highest BCUT2D eigenvalue weighted by atomic mass is 32.2. The molecular weight excluding hydrogens is 234 g/mol. The van der Waals surface area contributed by atoms with Crippen LogP contribution in [0, 0.1) is 0 Å². The number of thioether (sulfide) groups is 1. The molecule has 2 rings (SSSR count). The van der Waals surface area contributed by atoms with Crippen molar-refractivity contribution in [2.45, 2.75) is 56.7 Å². The SMILES string of the molecule is CCCCc1n[nH]c(SCC2CCCCO2)n1. The van der Waals surface area contributed by atoms with Crippen LogP contribution in [0.25, 0.3) is 0 Å². The maximum Gasteiger partial charge on any atom is 0.183 e. The van der Waals surface area contributed by atoms with E-state index in [4.69, 9.17) is 4.74 Å². The zero-order valence-electron chi connectivity index (χ0n) is 10.4. The Kier molecular flexibility index (Phi) is 5.32. The van der Waals surface area contributed by atoms with Crippen LogP contribution in [-0.4, -0.2) is 33.6 Å². The maximum absolute atomic E-state index is 5.69. The van der Waals surface area contributed by atoms with E-state index >= 15 is 0 Å². The van der Waals surface area contributed by atoms with Gasteiger partial charge in [0.2, 0.25) is 0 Å². The van der Waals surface area contributed by atoms with Crippen LogP contribution in [0.3, 0.4) is 0 Å². The van der Waals surface area contributed by atoms with Crippen molar-refractivity contribution in [2.75, 3.05) is 12.4 Å². The molecule has 1 unspecified atom stereocenters. The number of H-pyrrole nitrogens is 1. The molecule has 0 aromatic carbocycles. The summed E-state index contributed by atoms with van der Waals surface area (Å²) in [5, 5.41) is 8.16. The summed E-state index contributed by atoms with van der Waals surface area (Å²) in [4.78, 5) is 4.47. The topological polar surface area (TPSA) is 50.8 Å². The molecule has 4 nitrogen and oxygen atoms in total. The van der Waals surface area contributed by atoms with Crippen molar-refractivity contribution in [3.8, 4) is 0 Å². The fraction of sp³-hybridized carbons (Fsp3) is 0.833. The summed E-state index contributed by atoms with van der Waals surface area (Å²) >= 11 is 1.73. The van der Waals surface area contributed by atoms with Crippen molar-refractivity contribution in [3.05, 3.63) is 5.82 Å². The smallest absolute Gasteiger partial charge is 0.183 e. The van der Waals surface area contributed by atoms with Crippen LogP contribution in [0.15, 0.2) is 5.16 Å². The number of ether oxygens (including phenoxy) is 1. The Bertz CT molecular complexity index is 323. The highest BCUT2D eigenvalue weighted by Crippen LogP contribution is 2.21. The number of aromatic amines is 1. The summed E-state index contributed by atoms with van der Waals surface area (Å²) in [6.07, 6.45) is 7.42. The zero-order chi connectivity index (χ0) is 11.9. The number of hydrogen-bond acceptors (Lipinski definition) is 4. The van der Waals surface area contributed by atoms with Crippen molar-refractivity contribution < 1.29 is 4.74 Å². The van der Waals surface area contributed by atoms with Gasteiger partial charge in [-0.05, 0) is 25.7 Å². The van der Waals surface area contributed by atoms with Crippen LogP contribution in [0.5, 0.6) is 0 Å². The number of aromatic nitrogens is 3. The normalized spacial score (nSPS) is 20.6. The van der Waals surface area contributed by atoms with Crippen LogP contribution >= 0.6 is 11.8 Å². The summed E-state index contributed by atoms with van der Waals surface area (Å²) in [6.45, 7) is 3.10. The van der Waals surface area contributed by atoms with E-state index in [2.05, 4.69) is 22.1 Å². The number of unbranched alkanes of at least 4 members (excludes halogenated alkanes) is 1. The first kappa shape index (κ1) is 12.9. The lowest BCUT2D eigenvalue weighted by Crippen LogP contribution is -2.21. The molecule has 5 heteroatoms. The van der Waals surface area contributed by atoms with E-state index < -0.39 is 0 Å². The second-order valence-corrected chi connectivity index (χ2v) is 5.47. The second kappa shape index (κ2) is 7.01. The minimum absolute atomic E-state index is 0.401. The van der Waals surface area contributed by atoms with E-state index in [0.29, 0.717) is 6.10 Å². The van der Waals surface area contributed by atoms with Crippen molar-refractivity contribution in [3.63, 3.8) is 0 Å². The Morgan fingerprint density at radius 3 is 3.18 bits per heavy atom. The van der Waals surface area contributed by atoms with Crippen molar-refractivity contribution in [2.24, 2.45) is 0 Å². The largest absolute Gasteiger partial charge is 0.377 e. The van der Waals surface area contributed by atoms with Crippen molar-refractivity contribution in [1.29, 1.82) is 0 Å². The Morgan fingerprint density at radius 1 is 1.47 bits per heavy atom. The number of nitrogens with one attached hydrogen (secondary N) is 1. The average Bonchev–Trinajstić information content (AvgIpc) is 2.83. The van der Waals surface area contributed by atoms with Gasteiger partial charge in [-0.25, -0.2) is 4.98 Å². The minimum Gasteiger partial charge on any atom is -0.377 e. The Morgan fingerprint density at radius 2 is 2.41 bits per heavy atom. The molecule has 1 aliphatic heterocycles. The summed E-state index contributed by atoms with van der Waals surface area (Å²) in [5.74, 6) is 1.93. The first-order chi connectivity index (χ1) is 8.38. The van der Waals surface area contributed by atoms with Gasteiger partial charge in [0.15, 0.2) is 11.0 Å². The van der Waals surface area contributed by atoms with E-state index in [1.165, 1.54) is 25.7 Å². The first-order valence-electron chi connectivity index (χ1n) is 6.54. The molecule has 1 N–H and O–H groups in total. The molecule has 0 bridgehead atoms. The zero-order valence-corrected chi connectivity index (χ0v) is 11.3. The van der Waals surface area contributed by atoms with Crippen LogP contribution in [0.2, 0.25) is 0 Å². The molecule has 96 valence electrons. The number of aryl methyl sites for hydroxylation is 1. The van der Waals surface area contributed by atoms with Gasteiger partial charge < -0.3 is 4.74 Å². The molecule has 1 aliphatic rings. The Labute approximate surface area is 107 Å². The first-order valence-corrected chi connectivity index (χ1v) is 7.52. The Hall–Kier alpha value is -0.550. The molecule has 0 radical (unpaired) electrons. The van der Waals surface area contributed by atoms with Crippen LogP contribution in [-0.2, 0) is 11.2 Å². The van der Waals surface area contributed by atoms with Crippen LogP contribution < -0.4 is 0 Å². The van der Waals surface area contributed by atoms with Gasteiger partial charge >= 0.3 is 0 Å². The molecule has 1 atom stereocenters. The lowest BCUT2D eigenvalue weighted by Gasteiger charge is -2.21. The molecule has 0 amide bonds. The predicted molar refractivity (Wildman–Crippen MR) is 69.3 cm³/mol. The van der Waals surface area contributed by atoms with E-state index in [1.807, 2.05) is 0 Å². The van der Waals surface area contributed by atoms with Gasteiger partial charge in [-0.3, -0.25) is 5.10 Å². The molecule has 0 spiro atoms. The molecule has 0 aliphatic carbocycles. The summed E-state index contributed by atoms with van der Waals surface area (Å²) in [5.41, 5.74) is 0. The summed E-state index contributed by atoms with van der Waals surface area (Å²) in [7, 11) is 0. The molecule has 1 saturated heterocycles. The fourth-order valence-corrected chi connectivity index (χ4v) is 2.79. The molecular formula is C12H21N3OS. The van der Waals surface area contributed by atoms with Gasteiger partial charge in [0.05, 0.1) is 6.10 Å². The Balaban J connectivity index is 1.72. The van der Waals surface area contributed by atoms with Gasteiger partial charge in [0, 0.05) is 18.8 Å². The molecule has 0 saturated carbocycles. The summed E-state index contributed by atoms with van der Waals surface area (Å²) < 4.78 is 5.69. The molecule has 2 heterocycles. The maximum atomic E-state index is 5.69. The van der Waals surface area contributed by atoms with E-state index in [1.54, 1.807) is 11.8 Å².